The molecular weight excluding hydrogens is 419 g/mol. The van der Waals surface area contributed by atoms with Crippen molar-refractivity contribution < 1.29 is 9.18 Å². The van der Waals surface area contributed by atoms with Crippen molar-refractivity contribution >= 4 is 22.9 Å². The van der Waals surface area contributed by atoms with E-state index in [2.05, 4.69) is 51.0 Å². The summed E-state index contributed by atoms with van der Waals surface area (Å²) in [5.41, 5.74) is 4.53. The average Bonchev–Trinajstić information content (AvgIpc) is 3.19. The highest BCUT2D eigenvalue weighted by Gasteiger charge is 2.23. The number of imidazole rings is 1. The van der Waals surface area contributed by atoms with Gasteiger partial charge in [-0.2, -0.15) is 0 Å². The van der Waals surface area contributed by atoms with E-state index in [0.29, 0.717) is 25.3 Å². The van der Waals surface area contributed by atoms with Crippen LogP contribution < -0.4 is 5.32 Å². The molecule has 2 aromatic carbocycles. The average molecular weight is 445 g/mol. The lowest BCUT2D eigenvalue weighted by molar-refractivity contribution is 0.140. The molecule has 1 fully saturated rings. The molecule has 0 bridgehead atoms. The quantitative estimate of drug-likeness (QED) is 0.512. The Labute approximate surface area is 191 Å². The Morgan fingerprint density at radius 1 is 1.00 bits per heavy atom. The number of carbonyl (C=O) groups excluding carboxylic acids is 1. The molecule has 8 heteroatoms. The molecule has 2 aromatic heterocycles. The van der Waals surface area contributed by atoms with Gasteiger partial charge >= 0.3 is 6.03 Å². The lowest BCUT2D eigenvalue weighted by Crippen LogP contribution is -2.49. The second-order valence-corrected chi connectivity index (χ2v) is 8.25. The number of carbonyl (C=O) groups is 1. The van der Waals surface area contributed by atoms with Gasteiger partial charge in [-0.25, -0.2) is 19.2 Å². The molecule has 0 saturated carbocycles. The molecule has 0 radical (unpaired) electrons. The Hall–Kier alpha value is -3.78. The van der Waals surface area contributed by atoms with Crippen LogP contribution in [-0.2, 0) is 6.54 Å². The fourth-order valence-electron chi connectivity index (χ4n) is 4.08. The molecule has 168 valence electrons. The molecule has 5 rings (SSSR count). The predicted octanol–water partition coefficient (Wildman–Crippen LogP) is 4.22. The number of nitrogens with one attached hydrogen (secondary N) is 1. The van der Waals surface area contributed by atoms with Crippen molar-refractivity contribution in [3.8, 4) is 5.69 Å². The fraction of sp³-hybridized carbons (Fsp3) is 0.240. The van der Waals surface area contributed by atoms with Crippen molar-refractivity contribution in [2.24, 2.45) is 0 Å². The lowest BCUT2D eigenvalue weighted by atomic mass is 10.2. The summed E-state index contributed by atoms with van der Waals surface area (Å²) in [6.07, 6.45) is 1.79. The van der Waals surface area contributed by atoms with Crippen molar-refractivity contribution in [2.45, 2.75) is 13.5 Å². The monoisotopic (exact) mass is 444 g/mol. The maximum Gasteiger partial charge on any atom is 0.321 e. The number of piperazine rings is 1. The van der Waals surface area contributed by atoms with Crippen molar-refractivity contribution in [2.75, 3.05) is 31.5 Å². The molecule has 1 aliphatic heterocycles. The van der Waals surface area contributed by atoms with Gasteiger partial charge in [0.15, 0.2) is 5.65 Å². The number of pyridine rings is 1. The number of hydrogen-bond donors (Lipinski definition) is 1. The summed E-state index contributed by atoms with van der Waals surface area (Å²) in [7, 11) is 0. The predicted molar refractivity (Wildman–Crippen MR) is 126 cm³/mol. The maximum atomic E-state index is 13.1. The Kier molecular flexibility index (Phi) is 5.75. The van der Waals surface area contributed by atoms with Gasteiger partial charge in [-0.3, -0.25) is 9.47 Å². The first-order chi connectivity index (χ1) is 16.1. The number of urea groups is 1. The van der Waals surface area contributed by atoms with E-state index in [0.717, 1.165) is 35.8 Å². The van der Waals surface area contributed by atoms with Gasteiger partial charge in [-0.05, 0) is 55.5 Å². The zero-order valence-corrected chi connectivity index (χ0v) is 18.4. The number of fused-ring (bicyclic) bond motifs is 1. The van der Waals surface area contributed by atoms with Crippen molar-refractivity contribution in [1.82, 2.24) is 24.3 Å². The Balaban J connectivity index is 1.28. The Morgan fingerprint density at radius 3 is 2.45 bits per heavy atom. The van der Waals surface area contributed by atoms with E-state index in [1.807, 2.05) is 12.1 Å². The summed E-state index contributed by atoms with van der Waals surface area (Å²) < 4.78 is 15.2. The smallest absolute Gasteiger partial charge is 0.321 e. The van der Waals surface area contributed by atoms with E-state index in [1.54, 1.807) is 23.2 Å². The van der Waals surface area contributed by atoms with Crippen LogP contribution in [0.3, 0.4) is 0 Å². The molecule has 0 atom stereocenters. The number of aryl methyl sites for hydroxylation is 1. The molecule has 3 heterocycles. The van der Waals surface area contributed by atoms with Gasteiger partial charge in [0.25, 0.3) is 0 Å². The summed E-state index contributed by atoms with van der Waals surface area (Å²) >= 11 is 0. The molecule has 0 spiro atoms. The van der Waals surface area contributed by atoms with Crippen LogP contribution in [-0.4, -0.2) is 56.5 Å². The molecule has 0 aliphatic carbocycles. The first kappa shape index (κ1) is 21.1. The standard InChI is InChI=1S/C25H25FN6O/c1-18-4-10-21(11-5-18)32-23(29-22-3-2-12-27-24(22)32)17-30-13-15-31(16-14-30)25(33)28-20-8-6-19(26)7-9-20/h2-12H,13-17H2,1H3,(H,28,33). The van der Waals surface area contributed by atoms with E-state index in [9.17, 15) is 9.18 Å². The van der Waals surface area contributed by atoms with Crippen molar-refractivity contribution in [3.63, 3.8) is 0 Å². The SMILES string of the molecule is Cc1ccc(-n2c(CN3CCN(C(=O)Nc4ccc(F)cc4)CC3)nc3cccnc32)cc1. The van der Waals surface area contributed by atoms with Crippen molar-refractivity contribution in [3.05, 3.63) is 84.1 Å². The van der Waals surface area contributed by atoms with Crippen LogP contribution in [0, 0.1) is 12.7 Å². The number of hydrogen-bond acceptors (Lipinski definition) is 4. The number of aromatic nitrogens is 3. The molecule has 0 unspecified atom stereocenters. The highest BCUT2D eigenvalue weighted by atomic mass is 19.1. The summed E-state index contributed by atoms with van der Waals surface area (Å²) in [5.74, 6) is 0.602. The normalized spacial score (nSPS) is 14.5. The van der Waals surface area contributed by atoms with Gasteiger partial charge in [0.1, 0.15) is 17.2 Å². The van der Waals surface area contributed by atoms with Crippen LogP contribution in [0.15, 0.2) is 66.9 Å². The summed E-state index contributed by atoms with van der Waals surface area (Å²) in [4.78, 5) is 26.1. The van der Waals surface area contributed by atoms with E-state index in [-0.39, 0.29) is 11.8 Å². The molecular formula is C25H25FN6O. The van der Waals surface area contributed by atoms with Crippen LogP contribution in [0.1, 0.15) is 11.4 Å². The van der Waals surface area contributed by atoms with E-state index >= 15 is 0 Å². The number of nitrogens with zero attached hydrogens (tertiary/aromatic N) is 5. The van der Waals surface area contributed by atoms with E-state index in [1.165, 1.54) is 17.7 Å². The van der Waals surface area contributed by atoms with E-state index in [4.69, 9.17) is 4.98 Å². The van der Waals surface area contributed by atoms with Crippen LogP contribution in [0.25, 0.3) is 16.9 Å². The minimum Gasteiger partial charge on any atom is -0.322 e. The van der Waals surface area contributed by atoms with E-state index < -0.39 is 0 Å². The number of benzene rings is 2. The summed E-state index contributed by atoms with van der Waals surface area (Å²) in [6.45, 7) is 5.42. The fourth-order valence-corrected chi connectivity index (χ4v) is 4.08. The minimum absolute atomic E-state index is 0.169. The molecule has 2 amide bonds. The first-order valence-electron chi connectivity index (χ1n) is 11.0. The molecule has 1 aliphatic rings. The van der Waals surface area contributed by atoms with Gasteiger partial charge < -0.3 is 10.2 Å². The lowest BCUT2D eigenvalue weighted by Gasteiger charge is -2.34. The summed E-state index contributed by atoms with van der Waals surface area (Å²) in [5, 5.41) is 2.83. The molecule has 4 aromatic rings. The van der Waals surface area contributed by atoms with Gasteiger partial charge in [0, 0.05) is 43.8 Å². The van der Waals surface area contributed by atoms with Gasteiger partial charge in [-0.1, -0.05) is 17.7 Å². The zero-order valence-electron chi connectivity index (χ0n) is 18.4. The third kappa shape index (κ3) is 4.56. The van der Waals surface area contributed by atoms with Crippen molar-refractivity contribution in [1.29, 1.82) is 0 Å². The third-order valence-corrected chi connectivity index (χ3v) is 5.90. The van der Waals surface area contributed by atoms with Gasteiger partial charge in [0.2, 0.25) is 0 Å². The van der Waals surface area contributed by atoms with Gasteiger partial charge in [-0.15, -0.1) is 0 Å². The minimum atomic E-state index is -0.325. The molecule has 7 nitrogen and oxygen atoms in total. The topological polar surface area (TPSA) is 66.3 Å². The zero-order chi connectivity index (χ0) is 22.8. The first-order valence-corrected chi connectivity index (χ1v) is 11.0. The second-order valence-electron chi connectivity index (χ2n) is 8.25. The largest absolute Gasteiger partial charge is 0.322 e. The van der Waals surface area contributed by atoms with Gasteiger partial charge in [0.05, 0.1) is 6.54 Å². The van der Waals surface area contributed by atoms with Crippen LogP contribution >= 0.6 is 0 Å². The molecule has 1 N–H and O–H groups in total. The number of rotatable bonds is 4. The Bertz CT molecular complexity index is 1260. The highest BCUT2D eigenvalue weighted by molar-refractivity contribution is 5.89. The molecule has 1 saturated heterocycles. The third-order valence-electron chi connectivity index (χ3n) is 5.90. The number of halogens is 1. The molecule has 33 heavy (non-hydrogen) atoms. The maximum absolute atomic E-state index is 13.1. The highest BCUT2D eigenvalue weighted by Crippen LogP contribution is 2.22. The number of amides is 2. The Morgan fingerprint density at radius 2 is 1.73 bits per heavy atom. The van der Waals surface area contributed by atoms with Crippen LogP contribution in [0.4, 0.5) is 14.9 Å². The second kappa shape index (κ2) is 8.99. The van der Waals surface area contributed by atoms with Crippen LogP contribution in [0.5, 0.6) is 0 Å². The summed E-state index contributed by atoms with van der Waals surface area (Å²) in [6, 6.07) is 17.9. The van der Waals surface area contributed by atoms with Crippen LogP contribution in [0.2, 0.25) is 0 Å². The number of anilines is 1.